The van der Waals surface area contributed by atoms with Crippen LogP contribution in [0.3, 0.4) is 0 Å². The number of nitrogens with zero attached hydrogens (tertiary/aromatic N) is 4. The average molecular weight is 547 g/mol. The zero-order valence-corrected chi connectivity index (χ0v) is 20.2. The number of anilines is 1. The first-order valence-corrected chi connectivity index (χ1v) is 10.1. The summed E-state index contributed by atoms with van der Waals surface area (Å²) in [5, 5.41) is 20.5. The maximum Gasteiger partial charge on any atom is 0.190 e. The number of aryl methyl sites for hydroxylation is 1. The number of nitrogens with two attached hydrogens (primary N) is 1. The molecule has 0 radical (unpaired) electrons. The summed E-state index contributed by atoms with van der Waals surface area (Å²) in [5.41, 5.74) is 9.13. The molecule has 1 aromatic heterocycles. The van der Waals surface area contributed by atoms with Gasteiger partial charge in [-0.2, -0.15) is 10.4 Å². The molecule has 4 N–H and O–H groups in total. The molecule has 0 saturated heterocycles. The van der Waals surface area contributed by atoms with Gasteiger partial charge in [0.25, 0.3) is 0 Å². The predicted molar refractivity (Wildman–Crippen MR) is 136 cm³/mol. The summed E-state index contributed by atoms with van der Waals surface area (Å²) in [7, 11) is 1.71. The van der Waals surface area contributed by atoms with Gasteiger partial charge in [0.15, 0.2) is 5.96 Å². The summed E-state index contributed by atoms with van der Waals surface area (Å²) >= 11 is 0. The highest BCUT2D eigenvalue weighted by Crippen LogP contribution is 2.21. The quantitative estimate of drug-likeness (QED) is 0.174. The summed E-state index contributed by atoms with van der Waals surface area (Å²) in [4.78, 5) is 4.21. The van der Waals surface area contributed by atoms with E-state index in [4.69, 9.17) is 5.73 Å². The van der Waals surface area contributed by atoms with Crippen LogP contribution >= 0.6 is 24.0 Å². The number of hydrogen-bond acceptors (Lipinski definition) is 4. The van der Waals surface area contributed by atoms with E-state index in [1.165, 1.54) is 12.1 Å². The van der Waals surface area contributed by atoms with Crippen LogP contribution in [0.15, 0.2) is 59.6 Å². The molecule has 32 heavy (non-hydrogen) atoms. The fourth-order valence-electron chi connectivity index (χ4n) is 3.20. The fraction of sp³-hybridized carbons (Fsp3) is 0.261. The van der Waals surface area contributed by atoms with Crippen LogP contribution in [-0.2, 0) is 12.8 Å². The smallest absolute Gasteiger partial charge is 0.190 e. The second-order valence-electron chi connectivity index (χ2n) is 6.97. The molecule has 0 aliphatic rings. The van der Waals surface area contributed by atoms with Gasteiger partial charge < -0.3 is 16.4 Å². The molecule has 0 atom stereocenters. The van der Waals surface area contributed by atoms with Crippen molar-refractivity contribution < 1.29 is 4.39 Å². The van der Waals surface area contributed by atoms with E-state index in [2.05, 4.69) is 26.8 Å². The van der Waals surface area contributed by atoms with Crippen LogP contribution in [0.4, 0.5) is 10.2 Å². The van der Waals surface area contributed by atoms with E-state index in [1.54, 1.807) is 23.9 Å². The van der Waals surface area contributed by atoms with Crippen molar-refractivity contribution in [2.45, 2.75) is 19.3 Å². The highest BCUT2D eigenvalue weighted by atomic mass is 127. The van der Waals surface area contributed by atoms with Crippen molar-refractivity contribution in [1.29, 1.82) is 5.26 Å². The molecule has 0 aliphatic heterocycles. The summed E-state index contributed by atoms with van der Waals surface area (Å²) < 4.78 is 14.6. The van der Waals surface area contributed by atoms with E-state index < -0.39 is 0 Å². The molecule has 3 rings (SSSR count). The number of benzene rings is 2. The van der Waals surface area contributed by atoms with Gasteiger partial charge in [-0.3, -0.25) is 4.99 Å². The molecule has 168 valence electrons. The van der Waals surface area contributed by atoms with E-state index in [-0.39, 0.29) is 29.8 Å². The van der Waals surface area contributed by atoms with Gasteiger partial charge in [0.2, 0.25) is 0 Å². The normalized spacial score (nSPS) is 10.8. The number of aromatic nitrogens is 2. The van der Waals surface area contributed by atoms with Crippen molar-refractivity contribution in [2.24, 2.45) is 4.99 Å². The molecule has 0 spiro atoms. The molecule has 0 saturated carbocycles. The maximum atomic E-state index is 13.0. The van der Waals surface area contributed by atoms with Gasteiger partial charge in [-0.1, -0.05) is 30.3 Å². The third kappa shape index (κ3) is 6.68. The molecular weight excluding hydrogens is 520 g/mol. The molecule has 1 heterocycles. The van der Waals surface area contributed by atoms with Crippen molar-refractivity contribution in [3.05, 3.63) is 77.2 Å². The van der Waals surface area contributed by atoms with Crippen LogP contribution in [-0.4, -0.2) is 35.9 Å². The lowest BCUT2D eigenvalue weighted by molar-refractivity contribution is 0.626. The lowest BCUT2D eigenvalue weighted by Gasteiger charge is -2.11. The van der Waals surface area contributed by atoms with Crippen LogP contribution in [0, 0.1) is 17.1 Å². The third-order valence-corrected chi connectivity index (χ3v) is 4.83. The first-order valence-electron chi connectivity index (χ1n) is 10.1. The van der Waals surface area contributed by atoms with Crippen molar-refractivity contribution in [2.75, 3.05) is 25.9 Å². The number of aliphatic imine (C=N–C) groups is 1. The van der Waals surface area contributed by atoms with Gasteiger partial charge in [-0.15, -0.1) is 24.0 Å². The van der Waals surface area contributed by atoms with E-state index in [0.717, 1.165) is 24.1 Å². The van der Waals surface area contributed by atoms with Crippen molar-refractivity contribution >= 4 is 35.8 Å². The van der Waals surface area contributed by atoms with Crippen LogP contribution in [0.25, 0.3) is 5.69 Å². The number of rotatable bonds is 8. The molecule has 0 amide bonds. The Morgan fingerprint density at radius 1 is 1.09 bits per heavy atom. The van der Waals surface area contributed by atoms with Crippen molar-refractivity contribution in [3.63, 3.8) is 0 Å². The maximum absolute atomic E-state index is 13.0. The van der Waals surface area contributed by atoms with Gasteiger partial charge in [-0.25, -0.2) is 9.07 Å². The van der Waals surface area contributed by atoms with Crippen LogP contribution in [0.2, 0.25) is 0 Å². The lowest BCUT2D eigenvalue weighted by atomic mass is 10.1. The third-order valence-electron chi connectivity index (χ3n) is 4.83. The molecule has 0 bridgehead atoms. The van der Waals surface area contributed by atoms with E-state index in [9.17, 15) is 9.65 Å². The first-order chi connectivity index (χ1) is 15.1. The Kier molecular flexibility index (Phi) is 9.94. The molecule has 0 fully saturated rings. The van der Waals surface area contributed by atoms with E-state index in [0.29, 0.717) is 42.5 Å². The number of nitrogens with one attached hydrogen (secondary N) is 2. The highest BCUT2D eigenvalue weighted by molar-refractivity contribution is 14.0. The number of guanidine groups is 1. The van der Waals surface area contributed by atoms with Gasteiger partial charge in [0.1, 0.15) is 23.3 Å². The number of hydrogen-bond donors (Lipinski definition) is 3. The minimum absolute atomic E-state index is 0. The van der Waals surface area contributed by atoms with Crippen LogP contribution < -0.4 is 16.4 Å². The molecule has 0 unspecified atom stereocenters. The Morgan fingerprint density at radius 2 is 1.78 bits per heavy atom. The van der Waals surface area contributed by atoms with Gasteiger partial charge >= 0.3 is 0 Å². The zero-order valence-electron chi connectivity index (χ0n) is 17.9. The standard InChI is InChI=1S/C23H26FN7.HI/c1-27-23(29-15-13-17-9-11-18(24)12-10-17)28-14-5-8-21-20(16-25)22(26)31(30-21)19-6-3-2-4-7-19;/h2-4,6-7,9-12H,5,8,13-15,26H2,1H3,(H2,27,28,29);1H. The molecule has 2 aromatic carbocycles. The topological polar surface area (TPSA) is 104 Å². The molecule has 7 nitrogen and oxygen atoms in total. The molecule has 3 aromatic rings. The Morgan fingerprint density at radius 3 is 2.44 bits per heavy atom. The summed E-state index contributed by atoms with van der Waals surface area (Å²) in [6.07, 6.45) is 2.15. The largest absolute Gasteiger partial charge is 0.382 e. The van der Waals surface area contributed by atoms with Crippen LogP contribution in [0.1, 0.15) is 23.2 Å². The second kappa shape index (κ2) is 12.7. The summed E-state index contributed by atoms with van der Waals surface area (Å²) in [5.74, 6) is 0.816. The number of nitriles is 1. The monoisotopic (exact) mass is 547 g/mol. The van der Waals surface area contributed by atoms with Crippen LogP contribution in [0.5, 0.6) is 0 Å². The fourth-order valence-corrected chi connectivity index (χ4v) is 3.20. The molecular formula is C23H27FIN7. The number of para-hydroxylation sites is 1. The summed E-state index contributed by atoms with van der Waals surface area (Å²) in [6.45, 7) is 1.35. The Balaban J connectivity index is 0.00000363. The lowest BCUT2D eigenvalue weighted by Crippen LogP contribution is -2.38. The number of halogens is 2. The minimum atomic E-state index is -0.232. The second-order valence-corrected chi connectivity index (χ2v) is 6.97. The van der Waals surface area contributed by atoms with Gasteiger partial charge in [-0.05, 0) is 49.1 Å². The van der Waals surface area contributed by atoms with Gasteiger partial charge in [0.05, 0.1) is 11.4 Å². The molecule has 9 heteroatoms. The SMILES string of the molecule is CN=C(NCCCc1nn(-c2ccccc2)c(N)c1C#N)NCCc1ccc(F)cc1.I. The predicted octanol–water partition coefficient (Wildman–Crippen LogP) is 3.42. The summed E-state index contributed by atoms with van der Waals surface area (Å²) in [6, 6.07) is 18.2. The van der Waals surface area contributed by atoms with E-state index in [1.807, 2.05) is 30.3 Å². The Hall–Kier alpha value is -3.13. The van der Waals surface area contributed by atoms with Gasteiger partial charge in [0, 0.05) is 20.1 Å². The molecule has 0 aliphatic carbocycles. The first kappa shape index (κ1) is 25.1. The Labute approximate surface area is 204 Å². The zero-order chi connectivity index (χ0) is 22.1. The highest BCUT2D eigenvalue weighted by Gasteiger charge is 2.16. The Bertz CT molecular complexity index is 1060. The average Bonchev–Trinajstić information content (AvgIpc) is 3.12. The van der Waals surface area contributed by atoms with E-state index >= 15 is 0 Å². The minimum Gasteiger partial charge on any atom is -0.382 e. The van der Waals surface area contributed by atoms with Crippen molar-refractivity contribution in [1.82, 2.24) is 20.4 Å². The number of nitrogen functional groups attached to an aromatic ring is 1. The van der Waals surface area contributed by atoms with Crippen molar-refractivity contribution in [3.8, 4) is 11.8 Å².